The first-order valence-corrected chi connectivity index (χ1v) is 12.6. The third-order valence-electron chi connectivity index (χ3n) is 5.57. The summed E-state index contributed by atoms with van der Waals surface area (Å²) in [7, 11) is 0. The van der Waals surface area contributed by atoms with Crippen LogP contribution in [0, 0.1) is 0 Å². The maximum atomic E-state index is 13.5. The molecule has 0 spiro atoms. The van der Waals surface area contributed by atoms with Crippen molar-refractivity contribution in [3.63, 3.8) is 0 Å². The number of carbonyl (C=O) groups is 3. The smallest absolute Gasteiger partial charge is 0.420 e. The summed E-state index contributed by atoms with van der Waals surface area (Å²) in [5.74, 6) is 0.331. The molecular formula is C27H40N4O6. The molecule has 1 aromatic carbocycles. The summed E-state index contributed by atoms with van der Waals surface area (Å²) in [6, 6.07) is 7.23. The van der Waals surface area contributed by atoms with E-state index in [0.717, 1.165) is 0 Å². The minimum atomic E-state index is -1.10. The number of piperidine rings is 1. The number of ether oxygens (including phenoxy) is 3. The molecule has 204 valence electrons. The second kappa shape index (κ2) is 9.87. The average molecular weight is 517 g/mol. The largest absolute Gasteiger partial charge is 0.444 e. The van der Waals surface area contributed by atoms with E-state index in [9.17, 15) is 14.4 Å². The molecule has 0 unspecified atom stereocenters. The Morgan fingerprint density at radius 3 is 1.86 bits per heavy atom. The molecule has 2 amide bonds. The van der Waals surface area contributed by atoms with Crippen molar-refractivity contribution in [2.24, 2.45) is 0 Å². The molecule has 0 bridgehead atoms. The Hall–Kier alpha value is -3.30. The highest BCUT2D eigenvalue weighted by Crippen LogP contribution is 2.36. The SMILES string of the molecule is CC(C)(C)OC(=O)NC1(c2nc3ccccc3n2C(=O)OC(C)(C)C)CCN(C(=O)OC(C)(C)C)CC1. The number of aromatic nitrogens is 2. The lowest BCUT2D eigenvalue weighted by Crippen LogP contribution is -2.56. The van der Waals surface area contributed by atoms with E-state index in [0.29, 0.717) is 16.9 Å². The maximum Gasteiger partial charge on any atom is 0.420 e. The van der Waals surface area contributed by atoms with Gasteiger partial charge in [-0.15, -0.1) is 0 Å². The Labute approximate surface area is 218 Å². The number of carbonyl (C=O) groups excluding carboxylic acids is 3. The van der Waals surface area contributed by atoms with Crippen molar-refractivity contribution in [2.75, 3.05) is 13.1 Å². The summed E-state index contributed by atoms with van der Waals surface area (Å²) in [6.45, 7) is 16.7. The number of benzene rings is 1. The standard InChI is InChI=1S/C27H40N4O6/c1-24(2,3)35-21(32)29-27(14-16-30(17-15-27)22(33)36-25(4,5)6)20-28-18-12-10-11-13-19(18)31(20)23(34)37-26(7,8)9/h10-13H,14-17H2,1-9H3,(H,29,32). The van der Waals surface area contributed by atoms with Crippen molar-refractivity contribution in [1.82, 2.24) is 19.8 Å². The first kappa shape index (κ1) is 28.3. The minimum Gasteiger partial charge on any atom is -0.444 e. The van der Waals surface area contributed by atoms with E-state index in [1.807, 2.05) is 32.9 Å². The normalized spacial score (nSPS) is 16.3. The number of para-hydroxylation sites is 2. The van der Waals surface area contributed by atoms with Crippen molar-refractivity contribution in [1.29, 1.82) is 0 Å². The molecule has 2 heterocycles. The van der Waals surface area contributed by atoms with Crippen molar-refractivity contribution < 1.29 is 28.6 Å². The summed E-state index contributed by atoms with van der Waals surface area (Å²) < 4.78 is 18.3. The summed E-state index contributed by atoms with van der Waals surface area (Å²) in [4.78, 5) is 45.6. The molecule has 10 nitrogen and oxygen atoms in total. The number of nitrogens with one attached hydrogen (secondary N) is 1. The molecule has 37 heavy (non-hydrogen) atoms. The second-order valence-corrected chi connectivity index (χ2v) is 12.4. The zero-order chi connectivity index (χ0) is 27.8. The predicted octanol–water partition coefficient (Wildman–Crippen LogP) is 5.57. The molecule has 0 atom stereocenters. The van der Waals surface area contributed by atoms with E-state index in [-0.39, 0.29) is 25.9 Å². The van der Waals surface area contributed by atoms with Gasteiger partial charge in [0.05, 0.1) is 11.0 Å². The van der Waals surface area contributed by atoms with Crippen LogP contribution < -0.4 is 5.32 Å². The van der Waals surface area contributed by atoms with Gasteiger partial charge in [0.2, 0.25) is 0 Å². The minimum absolute atomic E-state index is 0.280. The van der Waals surface area contributed by atoms with Gasteiger partial charge >= 0.3 is 18.3 Å². The van der Waals surface area contributed by atoms with Crippen LogP contribution in [-0.4, -0.2) is 62.6 Å². The van der Waals surface area contributed by atoms with E-state index in [1.54, 1.807) is 58.6 Å². The van der Waals surface area contributed by atoms with Gasteiger partial charge < -0.3 is 24.4 Å². The summed E-state index contributed by atoms with van der Waals surface area (Å²) in [6.07, 6.45) is -1.09. The van der Waals surface area contributed by atoms with Gasteiger partial charge in [0, 0.05) is 13.1 Å². The third kappa shape index (κ3) is 7.14. The molecular weight excluding hydrogens is 476 g/mol. The number of imidazole rings is 1. The number of fused-ring (bicyclic) bond motifs is 1. The first-order chi connectivity index (χ1) is 16.9. The van der Waals surface area contributed by atoms with E-state index < -0.39 is 40.6 Å². The van der Waals surface area contributed by atoms with Crippen molar-refractivity contribution in [3.05, 3.63) is 30.1 Å². The van der Waals surface area contributed by atoms with Crippen LogP contribution in [0.3, 0.4) is 0 Å². The van der Waals surface area contributed by atoms with Gasteiger partial charge in [-0.2, -0.15) is 0 Å². The van der Waals surface area contributed by atoms with Gasteiger partial charge in [-0.1, -0.05) is 12.1 Å². The fourth-order valence-electron chi connectivity index (χ4n) is 4.14. The molecule has 3 rings (SSSR count). The monoisotopic (exact) mass is 516 g/mol. The van der Waals surface area contributed by atoms with E-state index in [1.165, 1.54) is 4.57 Å². The quantitative estimate of drug-likeness (QED) is 0.519. The number of hydrogen-bond acceptors (Lipinski definition) is 7. The lowest BCUT2D eigenvalue weighted by molar-refractivity contribution is 0.00957. The van der Waals surface area contributed by atoms with Gasteiger partial charge in [-0.25, -0.2) is 23.9 Å². The summed E-state index contributed by atoms with van der Waals surface area (Å²) >= 11 is 0. The molecule has 0 saturated carbocycles. The van der Waals surface area contributed by atoms with Crippen LogP contribution in [-0.2, 0) is 19.7 Å². The van der Waals surface area contributed by atoms with Crippen LogP contribution in [0.25, 0.3) is 11.0 Å². The van der Waals surface area contributed by atoms with E-state index in [4.69, 9.17) is 19.2 Å². The number of nitrogens with zero attached hydrogens (tertiary/aromatic N) is 3. The average Bonchev–Trinajstić information content (AvgIpc) is 3.11. The molecule has 1 aliphatic heterocycles. The lowest BCUT2D eigenvalue weighted by Gasteiger charge is -2.42. The zero-order valence-corrected chi connectivity index (χ0v) is 23.4. The van der Waals surface area contributed by atoms with Crippen molar-refractivity contribution in [2.45, 2.75) is 97.5 Å². The molecule has 2 aromatic rings. The highest BCUT2D eigenvalue weighted by Gasteiger charge is 2.45. The molecule has 0 radical (unpaired) electrons. The Morgan fingerprint density at radius 2 is 1.32 bits per heavy atom. The number of hydrogen-bond donors (Lipinski definition) is 1. The second-order valence-electron chi connectivity index (χ2n) is 12.4. The van der Waals surface area contributed by atoms with E-state index >= 15 is 0 Å². The number of rotatable bonds is 2. The fourth-order valence-corrected chi connectivity index (χ4v) is 4.14. The number of alkyl carbamates (subject to hydrolysis) is 1. The molecule has 1 aromatic heterocycles. The molecule has 0 aliphatic carbocycles. The Balaban J connectivity index is 2.07. The molecule has 1 N–H and O–H groups in total. The topological polar surface area (TPSA) is 112 Å². The highest BCUT2D eigenvalue weighted by atomic mass is 16.6. The van der Waals surface area contributed by atoms with Crippen LogP contribution in [0.5, 0.6) is 0 Å². The molecule has 1 fully saturated rings. The van der Waals surface area contributed by atoms with Gasteiger partial charge in [0.1, 0.15) is 28.2 Å². The van der Waals surface area contributed by atoms with Gasteiger partial charge in [-0.3, -0.25) is 0 Å². The lowest BCUT2D eigenvalue weighted by atomic mass is 9.86. The Morgan fingerprint density at radius 1 is 0.811 bits per heavy atom. The number of amides is 2. The zero-order valence-electron chi connectivity index (χ0n) is 23.4. The Kier molecular flexibility index (Phi) is 7.54. The van der Waals surface area contributed by atoms with Gasteiger partial charge in [0.15, 0.2) is 0 Å². The summed E-state index contributed by atoms with van der Waals surface area (Å²) in [5.41, 5.74) is -2.06. The maximum absolute atomic E-state index is 13.5. The van der Waals surface area contributed by atoms with Crippen molar-refractivity contribution in [3.8, 4) is 0 Å². The molecule has 10 heteroatoms. The molecule has 1 saturated heterocycles. The van der Waals surface area contributed by atoms with Crippen LogP contribution in [0.15, 0.2) is 24.3 Å². The van der Waals surface area contributed by atoms with Crippen LogP contribution in [0.2, 0.25) is 0 Å². The Bertz CT molecular complexity index is 1160. The summed E-state index contributed by atoms with van der Waals surface area (Å²) in [5, 5.41) is 3.00. The van der Waals surface area contributed by atoms with Crippen molar-refractivity contribution >= 4 is 29.3 Å². The predicted molar refractivity (Wildman–Crippen MR) is 139 cm³/mol. The third-order valence-corrected chi connectivity index (χ3v) is 5.57. The van der Waals surface area contributed by atoms with E-state index in [2.05, 4.69) is 5.32 Å². The van der Waals surface area contributed by atoms with Gasteiger partial charge in [0.25, 0.3) is 0 Å². The highest BCUT2D eigenvalue weighted by molar-refractivity contribution is 5.88. The number of likely N-dealkylation sites (tertiary alicyclic amines) is 1. The first-order valence-electron chi connectivity index (χ1n) is 12.6. The van der Waals surface area contributed by atoms with Crippen LogP contribution in [0.4, 0.5) is 14.4 Å². The van der Waals surface area contributed by atoms with Crippen LogP contribution >= 0.6 is 0 Å². The van der Waals surface area contributed by atoms with Crippen LogP contribution in [0.1, 0.15) is 81.0 Å². The molecule has 1 aliphatic rings. The fraction of sp³-hybridized carbons (Fsp3) is 0.630. The van der Waals surface area contributed by atoms with Gasteiger partial charge in [-0.05, 0) is 87.3 Å².